The third-order valence-electron chi connectivity index (χ3n) is 3.39. The number of likely N-dealkylation sites (N-methyl/N-ethyl adjacent to an activating group) is 1. The van der Waals surface area contributed by atoms with Crippen molar-refractivity contribution in [2.75, 3.05) is 72.6 Å². The first-order valence-electron chi connectivity index (χ1n) is 7.17. The Morgan fingerprint density at radius 2 is 1.79 bits per heavy atom. The standard InChI is InChI=1S/C13H28N4O2/c1-3-16-7-9-17(10-8-16)12-13(18)15-5-4-14-6-11-19-2/h14H,3-12H2,1-2H3,(H,15,18). The zero-order valence-corrected chi connectivity index (χ0v) is 12.3. The van der Waals surface area contributed by atoms with Gasteiger partial charge >= 0.3 is 0 Å². The molecule has 1 aliphatic rings. The molecule has 0 aromatic carbocycles. The maximum Gasteiger partial charge on any atom is 0.234 e. The monoisotopic (exact) mass is 272 g/mol. The number of ether oxygens (including phenoxy) is 1. The summed E-state index contributed by atoms with van der Waals surface area (Å²) in [4.78, 5) is 16.4. The molecule has 0 unspecified atom stereocenters. The number of amides is 1. The average Bonchev–Trinajstić information content (AvgIpc) is 2.43. The first-order valence-corrected chi connectivity index (χ1v) is 7.17. The lowest BCUT2D eigenvalue weighted by Gasteiger charge is -2.33. The van der Waals surface area contributed by atoms with E-state index in [4.69, 9.17) is 4.74 Å². The highest BCUT2D eigenvalue weighted by atomic mass is 16.5. The number of rotatable bonds is 9. The molecule has 0 radical (unpaired) electrons. The van der Waals surface area contributed by atoms with Gasteiger partial charge in [0.15, 0.2) is 0 Å². The van der Waals surface area contributed by atoms with Crippen molar-refractivity contribution < 1.29 is 9.53 Å². The maximum absolute atomic E-state index is 11.7. The van der Waals surface area contributed by atoms with Crippen LogP contribution in [0, 0.1) is 0 Å². The highest BCUT2D eigenvalue weighted by Gasteiger charge is 2.17. The molecule has 112 valence electrons. The van der Waals surface area contributed by atoms with Crippen molar-refractivity contribution in [2.24, 2.45) is 0 Å². The second-order valence-corrected chi connectivity index (χ2v) is 4.80. The van der Waals surface area contributed by atoms with Crippen LogP contribution in [-0.2, 0) is 9.53 Å². The summed E-state index contributed by atoms with van der Waals surface area (Å²) in [6, 6.07) is 0. The molecule has 0 aliphatic carbocycles. The van der Waals surface area contributed by atoms with Crippen LogP contribution < -0.4 is 10.6 Å². The highest BCUT2D eigenvalue weighted by molar-refractivity contribution is 5.78. The summed E-state index contributed by atoms with van der Waals surface area (Å²) in [5.74, 6) is 0.124. The Kier molecular flexibility index (Phi) is 8.73. The van der Waals surface area contributed by atoms with Gasteiger partial charge in [-0.3, -0.25) is 9.69 Å². The summed E-state index contributed by atoms with van der Waals surface area (Å²) in [6.07, 6.45) is 0. The molecule has 1 fully saturated rings. The predicted molar refractivity (Wildman–Crippen MR) is 76.3 cm³/mol. The van der Waals surface area contributed by atoms with Crippen LogP contribution in [0.15, 0.2) is 0 Å². The van der Waals surface area contributed by atoms with Crippen molar-refractivity contribution in [1.82, 2.24) is 20.4 Å². The van der Waals surface area contributed by atoms with Crippen LogP contribution in [0.4, 0.5) is 0 Å². The van der Waals surface area contributed by atoms with Crippen molar-refractivity contribution >= 4 is 5.91 Å². The van der Waals surface area contributed by atoms with Crippen molar-refractivity contribution in [2.45, 2.75) is 6.92 Å². The van der Waals surface area contributed by atoms with Gasteiger partial charge in [-0.15, -0.1) is 0 Å². The van der Waals surface area contributed by atoms with Gasteiger partial charge in [0.1, 0.15) is 0 Å². The van der Waals surface area contributed by atoms with Gasteiger partial charge in [-0.1, -0.05) is 6.92 Å². The number of carbonyl (C=O) groups is 1. The topological polar surface area (TPSA) is 56.8 Å². The summed E-state index contributed by atoms with van der Waals surface area (Å²) >= 11 is 0. The van der Waals surface area contributed by atoms with Crippen molar-refractivity contribution in [3.8, 4) is 0 Å². The summed E-state index contributed by atoms with van der Waals surface area (Å²) in [6.45, 7) is 10.9. The molecule has 0 bridgehead atoms. The van der Waals surface area contributed by atoms with E-state index in [-0.39, 0.29) is 5.91 Å². The second kappa shape index (κ2) is 10.1. The molecule has 0 atom stereocenters. The summed E-state index contributed by atoms with van der Waals surface area (Å²) in [7, 11) is 1.68. The molecule has 1 rings (SSSR count). The van der Waals surface area contributed by atoms with E-state index in [0.29, 0.717) is 19.7 Å². The van der Waals surface area contributed by atoms with Gasteiger partial charge in [0.25, 0.3) is 0 Å². The SMILES string of the molecule is CCN1CCN(CC(=O)NCCNCCOC)CC1. The Hall–Kier alpha value is -0.690. The molecule has 6 nitrogen and oxygen atoms in total. The first kappa shape index (κ1) is 16.4. The van der Waals surface area contributed by atoms with Crippen molar-refractivity contribution in [3.05, 3.63) is 0 Å². The first-order chi connectivity index (χ1) is 9.26. The summed E-state index contributed by atoms with van der Waals surface area (Å²) in [5.41, 5.74) is 0. The van der Waals surface area contributed by atoms with Gasteiger partial charge in [0, 0.05) is 52.9 Å². The molecule has 1 heterocycles. The van der Waals surface area contributed by atoms with E-state index >= 15 is 0 Å². The van der Waals surface area contributed by atoms with E-state index in [1.165, 1.54) is 0 Å². The van der Waals surface area contributed by atoms with Crippen molar-refractivity contribution in [3.63, 3.8) is 0 Å². The maximum atomic E-state index is 11.7. The number of methoxy groups -OCH3 is 1. The third-order valence-corrected chi connectivity index (χ3v) is 3.39. The third kappa shape index (κ3) is 7.47. The molecular weight excluding hydrogens is 244 g/mol. The summed E-state index contributed by atoms with van der Waals surface area (Å²) in [5, 5.41) is 6.13. The number of hydrogen-bond acceptors (Lipinski definition) is 5. The molecule has 0 saturated carbocycles. The van der Waals surface area contributed by atoms with Crippen LogP contribution in [0.3, 0.4) is 0 Å². The van der Waals surface area contributed by atoms with E-state index in [0.717, 1.165) is 45.8 Å². The molecule has 0 aromatic rings. The summed E-state index contributed by atoms with van der Waals surface area (Å²) < 4.78 is 4.93. The van der Waals surface area contributed by atoms with Gasteiger partial charge in [-0.25, -0.2) is 0 Å². The van der Waals surface area contributed by atoms with E-state index in [9.17, 15) is 4.79 Å². The molecule has 2 N–H and O–H groups in total. The minimum atomic E-state index is 0.124. The molecule has 1 aliphatic heterocycles. The van der Waals surface area contributed by atoms with E-state index in [1.54, 1.807) is 7.11 Å². The molecule has 0 spiro atoms. The lowest BCUT2D eigenvalue weighted by Crippen LogP contribution is -2.49. The van der Waals surface area contributed by atoms with Gasteiger partial charge in [0.2, 0.25) is 5.91 Å². The number of carbonyl (C=O) groups excluding carboxylic acids is 1. The Balaban J connectivity index is 1.99. The molecule has 1 amide bonds. The lowest BCUT2D eigenvalue weighted by molar-refractivity contribution is -0.122. The number of nitrogens with zero attached hydrogens (tertiary/aromatic N) is 2. The Labute approximate surface area is 116 Å². The average molecular weight is 272 g/mol. The van der Waals surface area contributed by atoms with E-state index in [2.05, 4.69) is 27.4 Å². The fourth-order valence-electron chi connectivity index (χ4n) is 2.11. The number of hydrogen-bond donors (Lipinski definition) is 2. The van der Waals surface area contributed by atoms with Crippen LogP contribution in [0.1, 0.15) is 6.92 Å². The zero-order chi connectivity index (χ0) is 13.9. The normalized spacial score (nSPS) is 17.6. The Morgan fingerprint density at radius 1 is 1.11 bits per heavy atom. The minimum Gasteiger partial charge on any atom is -0.383 e. The van der Waals surface area contributed by atoms with Gasteiger partial charge in [-0.05, 0) is 6.54 Å². The van der Waals surface area contributed by atoms with E-state index in [1.807, 2.05) is 0 Å². The van der Waals surface area contributed by atoms with E-state index < -0.39 is 0 Å². The van der Waals surface area contributed by atoms with Crippen LogP contribution >= 0.6 is 0 Å². The minimum absolute atomic E-state index is 0.124. The predicted octanol–water partition coefficient (Wildman–Crippen LogP) is -1.02. The quantitative estimate of drug-likeness (QED) is 0.526. The molecule has 1 saturated heterocycles. The molecule has 6 heteroatoms. The highest BCUT2D eigenvalue weighted by Crippen LogP contribution is 2.00. The fourth-order valence-corrected chi connectivity index (χ4v) is 2.11. The van der Waals surface area contributed by atoms with Crippen LogP contribution in [-0.4, -0.2) is 88.3 Å². The second-order valence-electron chi connectivity index (χ2n) is 4.80. The molecule has 0 aromatic heterocycles. The van der Waals surface area contributed by atoms with Crippen LogP contribution in [0.2, 0.25) is 0 Å². The molecular formula is C13H28N4O2. The fraction of sp³-hybridized carbons (Fsp3) is 0.923. The van der Waals surface area contributed by atoms with Gasteiger partial charge in [0.05, 0.1) is 13.2 Å². The van der Waals surface area contributed by atoms with Crippen LogP contribution in [0.5, 0.6) is 0 Å². The van der Waals surface area contributed by atoms with Gasteiger partial charge in [-0.2, -0.15) is 0 Å². The van der Waals surface area contributed by atoms with Crippen molar-refractivity contribution in [1.29, 1.82) is 0 Å². The Bertz CT molecular complexity index is 243. The number of nitrogens with one attached hydrogen (secondary N) is 2. The smallest absolute Gasteiger partial charge is 0.234 e. The lowest BCUT2D eigenvalue weighted by atomic mass is 10.3. The van der Waals surface area contributed by atoms with Crippen LogP contribution in [0.25, 0.3) is 0 Å². The molecule has 19 heavy (non-hydrogen) atoms. The van der Waals surface area contributed by atoms with Gasteiger partial charge < -0.3 is 20.3 Å². The zero-order valence-electron chi connectivity index (χ0n) is 12.3. The number of piperazine rings is 1. The Morgan fingerprint density at radius 3 is 2.42 bits per heavy atom. The largest absolute Gasteiger partial charge is 0.383 e.